The summed E-state index contributed by atoms with van der Waals surface area (Å²) in [5.41, 5.74) is 1.03. The molecule has 0 atom stereocenters. The number of halogens is 1. The molecule has 1 N–H and O–H groups in total. The molecule has 0 unspecified atom stereocenters. The van der Waals surface area contributed by atoms with E-state index >= 15 is 0 Å². The van der Waals surface area contributed by atoms with Crippen molar-refractivity contribution in [2.24, 2.45) is 0 Å². The second-order valence-corrected chi connectivity index (χ2v) is 5.41. The van der Waals surface area contributed by atoms with Gasteiger partial charge in [-0.1, -0.05) is 25.3 Å². The molecule has 0 heterocycles. The van der Waals surface area contributed by atoms with Gasteiger partial charge in [0.15, 0.2) is 0 Å². The van der Waals surface area contributed by atoms with Gasteiger partial charge in [-0.05, 0) is 30.5 Å². The van der Waals surface area contributed by atoms with Gasteiger partial charge >= 0.3 is 0 Å². The van der Waals surface area contributed by atoms with Crippen molar-refractivity contribution in [3.8, 4) is 6.07 Å². The molecule has 1 aliphatic carbocycles. The number of hydrogen-bond donors (Lipinski definition) is 1. The maximum atomic E-state index is 13.3. The summed E-state index contributed by atoms with van der Waals surface area (Å²) >= 11 is 0. The topological polar surface area (TPSA) is 47.3 Å². The largest absolute Gasteiger partial charge is 0.395 e. The maximum absolute atomic E-state index is 13.3. The fraction of sp³-hybridized carbons (Fsp3) is 0.562. The van der Waals surface area contributed by atoms with E-state index in [1.165, 1.54) is 25.3 Å². The summed E-state index contributed by atoms with van der Waals surface area (Å²) in [6.45, 7) is 1.42. The van der Waals surface area contributed by atoms with Crippen LogP contribution in [0.4, 0.5) is 4.39 Å². The van der Waals surface area contributed by atoms with Crippen molar-refractivity contribution >= 4 is 0 Å². The van der Waals surface area contributed by atoms with Crippen LogP contribution in [0, 0.1) is 17.1 Å². The van der Waals surface area contributed by atoms with E-state index in [4.69, 9.17) is 5.26 Å². The van der Waals surface area contributed by atoms with E-state index in [0.29, 0.717) is 19.1 Å². The number of nitriles is 1. The van der Waals surface area contributed by atoms with E-state index in [2.05, 4.69) is 4.90 Å². The summed E-state index contributed by atoms with van der Waals surface area (Å²) in [5, 5.41) is 18.1. The SMILES string of the molecule is N#Cc1cc(CN(CCO)C2CCCCC2)ccc1F. The van der Waals surface area contributed by atoms with E-state index in [1.807, 2.05) is 6.07 Å². The van der Waals surface area contributed by atoms with Crippen LogP contribution in [0.3, 0.4) is 0 Å². The van der Waals surface area contributed by atoms with Crippen LogP contribution in [-0.2, 0) is 6.54 Å². The predicted octanol–water partition coefficient (Wildman–Crippen LogP) is 2.82. The first kappa shape index (κ1) is 15.0. The molecule has 20 heavy (non-hydrogen) atoms. The Hall–Kier alpha value is -1.44. The van der Waals surface area contributed by atoms with Crippen molar-refractivity contribution in [2.45, 2.75) is 44.7 Å². The summed E-state index contributed by atoms with van der Waals surface area (Å²) in [7, 11) is 0. The Labute approximate surface area is 119 Å². The summed E-state index contributed by atoms with van der Waals surface area (Å²) in [4.78, 5) is 2.26. The zero-order valence-electron chi connectivity index (χ0n) is 11.7. The number of nitrogens with zero attached hydrogens (tertiary/aromatic N) is 2. The number of aliphatic hydroxyl groups excluding tert-OH is 1. The summed E-state index contributed by atoms with van der Waals surface area (Å²) < 4.78 is 13.3. The van der Waals surface area contributed by atoms with Crippen molar-refractivity contribution in [3.05, 3.63) is 35.1 Å². The van der Waals surface area contributed by atoms with E-state index in [1.54, 1.807) is 12.1 Å². The monoisotopic (exact) mass is 276 g/mol. The number of hydrogen-bond acceptors (Lipinski definition) is 3. The van der Waals surface area contributed by atoms with Crippen molar-refractivity contribution in [1.82, 2.24) is 4.90 Å². The Kier molecular flexibility index (Phi) is 5.51. The molecular formula is C16H21FN2O. The second kappa shape index (κ2) is 7.37. The minimum Gasteiger partial charge on any atom is -0.395 e. The van der Waals surface area contributed by atoms with Crippen molar-refractivity contribution in [3.63, 3.8) is 0 Å². The first-order chi connectivity index (χ1) is 9.74. The fourth-order valence-electron chi connectivity index (χ4n) is 2.96. The molecule has 3 nitrogen and oxygen atoms in total. The smallest absolute Gasteiger partial charge is 0.140 e. The second-order valence-electron chi connectivity index (χ2n) is 5.41. The van der Waals surface area contributed by atoms with Gasteiger partial charge in [0.2, 0.25) is 0 Å². The Balaban J connectivity index is 2.09. The number of rotatable bonds is 5. The molecule has 1 aliphatic rings. The van der Waals surface area contributed by atoms with Crippen molar-refractivity contribution in [2.75, 3.05) is 13.2 Å². The molecule has 0 spiro atoms. The lowest BCUT2D eigenvalue weighted by Gasteiger charge is -2.34. The van der Waals surface area contributed by atoms with E-state index in [9.17, 15) is 9.50 Å². The van der Waals surface area contributed by atoms with Gasteiger partial charge in [-0.2, -0.15) is 5.26 Å². The van der Waals surface area contributed by atoms with Gasteiger partial charge in [0, 0.05) is 19.1 Å². The molecule has 0 aliphatic heterocycles. The zero-order chi connectivity index (χ0) is 14.4. The van der Waals surface area contributed by atoms with Crippen molar-refractivity contribution in [1.29, 1.82) is 5.26 Å². The lowest BCUT2D eigenvalue weighted by molar-refractivity contribution is 0.117. The average molecular weight is 276 g/mol. The number of benzene rings is 1. The third kappa shape index (κ3) is 3.78. The van der Waals surface area contributed by atoms with Crippen LogP contribution in [0.15, 0.2) is 18.2 Å². The third-order valence-corrected chi connectivity index (χ3v) is 4.02. The minimum absolute atomic E-state index is 0.0927. The van der Waals surface area contributed by atoms with Gasteiger partial charge in [0.25, 0.3) is 0 Å². The average Bonchev–Trinajstić information content (AvgIpc) is 2.49. The zero-order valence-corrected chi connectivity index (χ0v) is 11.7. The fourth-order valence-corrected chi connectivity index (χ4v) is 2.96. The molecule has 0 bridgehead atoms. The van der Waals surface area contributed by atoms with Crippen LogP contribution in [0.1, 0.15) is 43.2 Å². The van der Waals surface area contributed by atoms with Crippen LogP contribution >= 0.6 is 0 Å². The summed E-state index contributed by atoms with van der Waals surface area (Å²) in [6, 6.07) is 7.06. The molecule has 1 aromatic rings. The van der Waals surface area contributed by atoms with Crippen LogP contribution in [0.25, 0.3) is 0 Å². The molecule has 2 rings (SSSR count). The van der Waals surface area contributed by atoms with Gasteiger partial charge in [0.1, 0.15) is 11.9 Å². The molecule has 0 aromatic heterocycles. The molecule has 1 saturated carbocycles. The Bertz CT molecular complexity index is 478. The van der Waals surface area contributed by atoms with E-state index < -0.39 is 5.82 Å². The minimum atomic E-state index is -0.470. The lowest BCUT2D eigenvalue weighted by Crippen LogP contribution is -2.38. The van der Waals surface area contributed by atoms with Gasteiger partial charge in [-0.15, -0.1) is 0 Å². The van der Waals surface area contributed by atoms with Crippen LogP contribution in [0.5, 0.6) is 0 Å². The maximum Gasteiger partial charge on any atom is 0.140 e. The van der Waals surface area contributed by atoms with Crippen molar-refractivity contribution < 1.29 is 9.50 Å². The molecular weight excluding hydrogens is 255 g/mol. The highest BCUT2D eigenvalue weighted by Crippen LogP contribution is 2.24. The standard InChI is InChI=1S/C16H21FN2O/c17-16-7-6-13(10-14(16)11-18)12-19(8-9-20)15-4-2-1-3-5-15/h6-7,10,15,20H,1-5,8-9,12H2. The van der Waals surface area contributed by atoms with Gasteiger partial charge in [-0.3, -0.25) is 4.90 Å². The van der Waals surface area contributed by atoms with Crippen LogP contribution < -0.4 is 0 Å². The van der Waals surface area contributed by atoms with Crippen LogP contribution in [-0.4, -0.2) is 29.2 Å². The van der Waals surface area contributed by atoms with Gasteiger partial charge in [-0.25, -0.2) is 4.39 Å². The van der Waals surface area contributed by atoms with E-state index in [-0.39, 0.29) is 12.2 Å². The molecule has 108 valence electrons. The van der Waals surface area contributed by atoms with Gasteiger partial charge < -0.3 is 5.11 Å². The summed E-state index contributed by atoms with van der Waals surface area (Å²) in [6.07, 6.45) is 6.08. The first-order valence-electron chi connectivity index (χ1n) is 7.28. The van der Waals surface area contributed by atoms with E-state index in [0.717, 1.165) is 18.4 Å². The molecule has 4 heteroatoms. The third-order valence-electron chi connectivity index (χ3n) is 4.02. The summed E-state index contributed by atoms with van der Waals surface area (Å²) in [5.74, 6) is -0.470. The normalized spacial score (nSPS) is 16.3. The highest BCUT2D eigenvalue weighted by molar-refractivity contribution is 5.34. The molecule has 0 amide bonds. The lowest BCUT2D eigenvalue weighted by atomic mass is 9.93. The first-order valence-corrected chi connectivity index (χ1v) is 7.28. The molecule has 1 aromatic carbocycles. The predicted molar refractivity (Wildman–Crippen MR) is 75.5 cm³/mol. The van der Waals surface area contributed by atoms with Crippen LogP contribution in [0.2, 0.25) is 0 Å². The quantitative estimate of drug-likeness (QED) is 0.899. The van der Waals surface area contributed by atoms with Gasteiger partial charge in [0.05, 0.1) is 12.2 Å². The Morgan fingerprint density at radius 1 is 1.30 bits per heavy atom. The molecule has 0 radical (unpaired) electrons. The molecule has 0 saturated heterocycles. The molecule has 1 fully saturated rings. The highest BCUT2D eigenvalue weighted by atomic mass is 19.1. The highest BCUT2D eigenvalue weighted by Gasteiger charge is 2.21. The Morgan fingerprint density at radius 3 is 2.70 bits per heavy atom. The Morgan fingerprint density at radius 2 is 2.05 bits per heavy atom. The number of aliphatic hydroxyl groups is 1.